The highest BCUT2D eigenvalue weighted by Gasteiger charge is 2.56. The van der Waals surface area contributed by atoms with Crippen LogP contribution in [0.15, 0.2) is 47.1 Å². The minimum Gasteiger partial charge on any atom is -0.458 e. The summed E-state index contributed by atoms with van der Waals surface area (Å²) < 4.78 is 11.3. The van der Waals surface area contributed by atoms with E-state index in [1.165, 1.54) is 0 Å². The Labute approximate surface area is 147 Å². The monoisotopic (exact) mass is 344 g/mol. The predicted molar refractivity (Wildman–Crippen MR) is 92.4 cm³/mol. The largest absolute Gasteiger partial charge is 0.458 e. The minimum absolute atomic E-state index is 0.303. The summed E-state index contributed by atoms with van der Waals surface area (Å²) in [6.45, 7) is 11.0. The lowest BCUT2D eigenvalue weighted by Gasteiger charge is -2.33. The van der Waals surface area contributed by atoms with Gasteiger partial charge in [0.25, 0.3) is 0 Å². The Morgan fingerprint density at radius 2 is 2.20 bits per heavy atom. The molecule has 1 N–H and O–H groups in total. The van der Waals surface area contributed by atoms with Crippen molar-refractivity contribution in [3.63, 3.8) is 0 Å². The van der Waals surface area contributed by atoms with Crippen LogP contribution in [0.4, 0.5) is 0 Å². The molecule has 0 aromatic rings. The van der Waals surface area contributed by atoms with Crippen LogP contribution in [0, 0.1) is 11.8 Å². The third-order valence-corrected chi connectivity index (χ3v) is 5.57. The molecule has 0 bridgehead atoms. The number of carbonyl (C=O) groups excluding carboxylic acids is 2. The first kappa shape index (κ1) is 17.7. The second kappa shape index (κ2) is 5.99. The van der Waals surface area contributed by atoms with Crippen LogP contribution in [0.2, 0.25) is 0 Å². The Kier molecular flexibility index (Phi) is 4.23. The Morgan fingerprint density at radius 3 is 2.84 bits per heavy atom. The minimum atomic E-state index is -1.12. The van der Waals surface area contributed by atoms with Crippen LogP contribution in [0.5, 0.6) is 0 Å². The summed E-state index contributed by atoms with van der Waals surface area (Å²) in [7, 11) is 0. The molecule has 3 aliphatic rings. The summed E-state index contributed by atoms with van der Waals surface area (Å²) >= 11 is 0. The van der Waals surface area contributed by atoms with Gasteiger partial charge in [-0.2, -0.15) is 0 Å². The zero-order valence-electron chi connectivity index (χ0n) is 15.0. The quantitative estimate of drug-likeness (QED) is 0.616. The van der Waals surface area contributed by atoms with E-state index in [1.807, 2.05) is 13.0 Å². The maximum absolute atomic E-state index is 12.3. The normalized spacial score (nSPS) is 37.6. The van der Waals surface area contributed by atoms with Crippen LogP contribution in [-0.2, 0) is 19.1 Å². The Hall–Kier alpha value is -2.14. The second-order valence-electron chi connectivity index (χ2n) is 7.31. The van der Waals surface area contributed by atoms with E-state index in [4.69, 9.17) is 9.47 Å². The van der Waals surface area contributed by atoms with E-state index in [0.717, 1.165) is 11.1 Å². The lowest BCUT2D eigenvalue weighted by molar-refractivity contribution is -0.150. The summed E-state index contributed by atoms with van der Waals surface area (Å²) in [6.07, 6.45) is 4.64. The SMILES string of the molecule is C=C1C(=O)OC2C1C(OC(=O)C(C)=CC)CC(C)=C1C=CC(C)(O)C12. The van der Waals surface area contributed by atoms with E-state index in [0.29, 0.717) is 17.6 Å². The van der Waals surface area contributed by atoms with E-state index < -0.39 is 35.7 Å². The maximum Gasteiger partial charge on any atom is 0.334 e. The summed E-state index contributed by atoms with van der Waals surface area (Å²) in [4.78, 5) is 24.5. The van der Waals surface area contributed by atoms with Gasteiger partial charge < -0.3 is 14.6 Å². The van der Waals surface area contributed by atoms with Gasteiger partial charge in [-0.15, -0.1) is 0 Å². The number of carbonyl (C=O) groups is 2. The molecule has 1 aliphatic heterocycles. The Morgan fingerprint density at radius 1 is 1.52 bits per heavy atom. The average molecular weight is 344 g/mol. The van der Waals surface area contributed by atoms with Gasteiger partial charge in [0.1, 0.15) is 12.2 Å². The summed E-state index contributed by atoms with van der Waals surface area (Å²) in [5, 5.41) is 10.8. The molecule has 0 radical (unpaired) electrons. The molecule has 0 amide bonds. The zero-order chi connectivity index (χ0) is 18.5. The van der Waals surface area contributed by atoms with Crippen molar-refractivity contribution < 1.29 is 24.2 Å². The molecular weight excluding hydrogens is 320 g/mol. The molecule has 0 saturated carbocycles. The first-order valence-electron chi connectivity index (χ1n) is 8.52. The second-order valence-corrected chi connectivity index (χ2v) is 7.31. The van der Waals surface area contributed by atoms with Crippen molar-refractivity contribution >= 4 is 11.9 Å². The number of esters is 2. The molecule has 5 nitrogen and oxygen atoms in total. The molecule has 0 aromatic heterocycles. The lowest BCUT2D eigenvalue weighted by atomic mass is 9.78. The van der Waals surface area contributed by atoms with Crippen LogP contribution in [0.25, 0.3) is 0 Å². The van der Waals surface area contributed by atoms with Crippen molar-refractivity contribution in [1.29, 1.82) is 0 Å². The molecule has 1 saturated heterocycles. The van der Waals surface area contributed by atoms with Crippen molar-refractivity contribution in [2.75, 3.05) is 0 Å². The zero-order valence-corrected chi connectivity index (χ0v) is 15.0. The van der Waals surface area contributed by atoms with Gasteiger partial charge in [-0.05, 0) is 33.3 Å². The highest BCUT2D eigenvalue weighted by molar-refractivity contribution is 5.92. The molecular formula is C20H24O5. The number of fused-ring (bicyclic) bond motifs is 3. The van der Waals surface area contributed by atoms with Crippen LogP contribution in [0.3, 0.4) is 0 Å². The highest BCUT2D eigenvalue weighted by atomic mass is 16.6. The molecule has 134 valence electrons. The van der Waals surface area contributed by atoms with Crippen molar-refractivity contribution in [3.8, 4) is 0 Å². The van der Waals surface area contributed by atoms with E-state index >= 15 is 0 Å². The lowest BCUT2D eigenvalue weighted by Crippen LogP contribution is -2.43. The van der Waals surface area contributed by atoms with Gasteiger partial charge in [-0.1, -0.05) is 30.4 Å². The van der Waals surface area contributed by atoms with Gasteiger partial charge >= 0.3 is 11.9 Å². The van der Waals surface area contributed by atoms with Gasteiger partial charge in [-0.3, -0.25) is 0 Å². The average Bonchev–Trinajstić information content (AvgIpc) is 2.97. The summed E-state index contributed by atoms with van der Waals surface area (Å²) in [6, 6.07) is 0. The molecule has 2 aliphatic carbocycles. The van der Waals surface area contributed by atoms with Crippen molar-refractivity contribution in [2.45, 2.75) is 51.9 Å². The molecule has 3 rings (SSSR count). The fourth-order valence-corrected chi connectivity index (χ4v) is 4.03. The molecule has 0 aromatic carbocycles. The number of aliphatic hydroxyl groups is 1. The molecule has 1 heterocycles. The van der Waals surface area contributed by atoms with Gasteiger partial charge in [0.2, 0.25) is 0 Å². The molecule has 1 fully saturated rings. The van der Waals surface area contributed by atoms with Gasteiger partial charge in [-0.25, -0.2) is 9.59 Å². The Balaban J connectivity index is 2.03. The topological polar surface area (TPSA) is 72.8 Å². The van der Waals surface area contributed by atoms with Crippen LogP contribution >= 0.6 is 0 Å². The third-order valence-electron chi connectivity index (χ3n) is 5.57. The van der Waals surface area contributed by atoms with E-state index in [2.05, 4.69) is 6.58 Å². The van der Waals surface area contributed by atoms with Crippen molar-refractivity contribution in [3.05, 3.63) is 47.1 Å². The first-order chi connectivity index (χ1) is 11.7. The third kappa shape index (κ3) is 2.76. The molecule has 5 atom stereocenters. The van der Waals surface area contributed by atoms with Gasteiger partial charge in [0, 0.05) is 17.6 Å². The highest BCUT2D eigenvalue weighted by Crippen LogP contribution is 2.50. The summed E-state index contributed by atoms with van der Waals surface area (Å²) in [5.74, 6) is -1.75. The number of hydrogen-bond acceptors (Lipinski definition) is 5. The van der Waals surface area contributed by atoms with Crippen LogP contribution in [0.1, 0.15) is 34.1 Å². The maximum atomic E-state index is 12.3. The molecule has 5 heteroatoms. The van der Waals surface area contributed by atoms with E-state index in [1.54, 1.807) is 32.9 Å². The van der Waals surface area contributed by atoms with Crippen LogP contribution in [-0.4, -0.2) is 34.9 Å². The molecule has 25 heavy (non-hydrogen) atoms. The summed E-state index contributed by atoms with van der Waals surface area (Å²) in [5.41, 5.74) is 1.66. The standard InChI is InChI=1S/C20H24O5/c1-6-10(2)18(21)24-14-9-11(3)13-7-8-20(5,23)16(13)17-15(14)12(4)19(22)25-17/h6-8,14-17,23H,4,9H2,1-3,5H3. The smallest absolute Gasteiger partial charge is 0.334 e. The first-order valence-corrected chi connectivity index (χ1v) is 8.52. The van der Waals surface area contributed by atoms with Gasteiger partial charge in [0.15, 0.2) is 0 Å². The number of hydrogen-bond donors (Lipinski definition) is 1. The van der Waals surface area contributed by atoms with Gasteiger partial charge in [0.05, 0.1) is 17.4 Å². The predicted octanol–water partition coefficient (Wildman–Crippen LogP) is 2.62. The van der Waals surface area contributed by atoms with Crippen LogP contribution < -0.4 is 0 Å². The fraction of sp³-hybridized carbons (Fsp3) is 0.500. The molecule has 5 unspecified atom stereocenters. The number of allylic oxidation sites excluding steroid dienone is 2. The van der Waals surface area contributed by atoms with E-state index in [9.17, 15) is 14.7 Å². The number of rotatable bonds is 2. The van der Waals surface area contributed by atoms with E-state index in [-0.39, 0.29) is 5.92 Å². The van der Waals surface area contributed by atoms with Crippen molar-refractivity contribution in [1.82, 2.24) is 0 Å². The fourth-order valence-electron chi connectivity index (χ4n) is 4.03. The Bertz CT molecular complexity index is 737. The van der Waals surface area contributed by atoms with Crippen molar-refractivity contribution in [2.24, 2.45) is 11.8 Å². The number of ether oxygens (including phenoxy) is 2. The molecule has 0 spiro atoms.